The van der Waals surface area contributed by atoms with Gasteiger partial charge in [0.15, 0.2) is 24.7 Å². The van der Waals surface area contributed by atoms with Crippen molar-refractivity contribution in [3.05, 3.63) is 23.8 Å². The summed E-state index contributed by atoms with van der Waals surface area (Å²) in [6.07, 6.45) is -0.561. The number of allylic oxidation sites excluding steroid dienone is 3. The normalized spacial score (nSPS) is 39.5. The third-order valence-corrected chi connectivity index (χ3v) is 12.4. The zero-order valence-electron chi connectivity index (χ0n) is 38.8. The van der Waals surface area contributed by atoms with Crippen molar-refractivity contribution in [2.75, 3.05) is 47.6 Å². The minimum Gasteiger partial charge on any atom is -0.462 e. The minimum atomic E-state index is -1.35. The third kappa shape index (κ3) is 14.8. The molecule has 16 heteroatoms. The summed E-state index contributed by atoms with van der Waals surface area (Å²) < 4.78 is 54.4. The van der Waals surface area contributed by atoms with Gasteiger partial charge in [0.2, 0.25) is 0 Å². The predicted octanol–water partition coefficient (Wildman–Crippen LogP) is 3.16. The number of hydrogen-bond donors (Lipinski definition) is 4. The van der Waals surface area contributed by atoms with Gasteiger partial charge in [-0.15, -0.1) is 12.3 Å². The molecule has 0 bridgehead atoms. The van der Waals surface area contributed by atoms with Gasteiger partial charge in [-0.1, -0.05) is 38.5 Å². The fourth-order valence-corrected chi connectivity index (χ4v) is 8.74. The smallest absolute Gasteiger partial charge is 0.308 e. The van der Waals surface area contributed by atoms with Gasteiger partial charge < -0.3 is 63.1 Å². The predicted molar refractivity (Wildman–Crippen MR) is 229 cm³/mol. The summed E-state index contributed by atoms with van der Waals surface area (Å²) in [5, 5.41) is 45.6. The van der Waals surface area contributed by atoms with Crippen LogP contribution in [0.3, 0.4) is 0 Å². The summed E-state index contributed by atoms with van der Waals surface area (Å²) in [6.45, 7) is 15.5. The van der Waals surface area contributed by atoms with E-state index in [1.54, 1.807) is 38.8 Å². The quantitative estimate of drug-likeness (QED) is 0.0943. The average Bonchev–Trinajstić information content (AvgIpc) is 3.23. The number of nitrogens with zero attached hydrogens (tertiary/aromatic N) is 1. The summed E-state index contributed by atoms with van der Waals surface area (Å²) in [5.74, 6) is -0.628. The van der Waals surface area contributed by atoms with Crippen LogP contribution in [0.15, 0.2) is 23.8 Å². The van der Waals surface area contributed by atoms with Crippen LogP contribution in [0.4, 0.5) is 0 Å². The molecule has 3 rings (SSSR count). The molecule has 1 unspecified atom stereocenters. The van der Waals surface area contributed by atoms with E-state index in [1.807, 2.05) is 40.7 Å². The van der Waals surface area contributed by atoms with Crippen molar-refractivity contribution in [1.82, 2.24) is 4.90 Å². The van der Waals surface area contributed by atoms with Crippen LogP contribution in [0.25, 0.3) is 0 Å². The number of carbonyl (C=O) groups excluding carboxylic acids is 2. The van der Waals surface area contributed by atoms with E-state index >= 15 is 0 Å². The molecule has 3 heterocycles. The second-order valence-electron chi connectivity index (χ2n) is 17.0. The van der Waals surface area contributed by atoms with E-state index in [9.17, 15) is 30.0 Å². The van der Waals surface area contributed by atoms with Crippen molar-refractivity contribution in [3.63, 3.8) is 0 Å². The van der Waals surface area contributed by atoms with Crippen molar-refractivity contribution < 1.29 is 72.6 Å². The highest BCUT2D eigenvalue weighted by molar-refractivity contribution is 5.91. The summed E-state index contributed by atoms with van der Waals surface area (Å²) in [5.41, 5.74) is 0.716. The zero-order valence-corrected chi connectivity index (χ0v) is 38.8. The number of methoxy groups -OCH3 is 2. The highest BCUT2D eigenvalue weighted by Gasteiger charge is 2.49. The van der Waals surface area contributed by atoms with Crippen molar-refractivity contribution in [1.29, 1.82) is 0 Å². The molecule has 0 aromatic rings. The molecule has 0 aromatic carbocycles. The molecule has 0 amide bonds. The molecule has 2 fully saturated rings. The summed E-state index contributed by atoms with van der Waals surface area (Å²) >= 11 is 0. The number of ether oxygens (including phenoxy) is 9. The van der Waals surface area contributed by atoms with Gasteiger partial charge in [0, 0.05) is 64.6 Å². The summed E-state index contributed by atoms with van der Waals surface area (Å²) in [7, 11) is 4.71. The molecule has 356 valence electrons. The molecule has 2 saturated heterocycles. The Kier molecular flexibility index (Phi) is 23.1. The number of terminal acetylenes is 1. The molecule has 0 radical (unpaired) electrons. The first-order chi connectivity index (χ1) is 29.5. The molecule has 17 atom stereocenters. The monoisotopic (exact) mass is 884 g/mol. The van der Waals surface area contributed by atoms with Gasteiger partial charge in [-0.3, -0.25) is 14.5 Å². The second-order valence-corrected chi connectivity index (χ2v) is 17.0. The van der Waals surface area contributed by atoms with Crippen molar-refractivity contribution in [3.8, 4) is 12.3 Å². The molecule has 4 N–H and O–H groups in total. The lowest BCUT2D eigenvalue weighted by atomic mass is 9.79. The number of ketones is 1. The fraction of sp³-hybridized carbons (Fsp3) is 0.826. The zero-order chi connectivity index (χ0) is 46.3. The van der Waals surface area contributed by atoms with E-state index in [0.29, 0.717) is 38.2 Å². The Morgan fingerprint density at radius 3 is 2.11 bits per heavy atom. The molecule has 0 aliphatic carbocycles. The molecule has 3 aliphatic heterocycles. The van der Waals surface area contributed by atoms with Crippen LogP contribution < -0.4 is 0 Å². The Balaban J connectivity index is 2.06. The van der Waals surface area contributed by atoms with Gasteiger partial charge in [-0.25, -0.2) is 0 Å². The van der Waals surface area contributed by atoms with E-state index in [1.165, 1.54) is 20.3 Å². The van der Waals surface area contributed by atoms with E-state index in [4.69, 9.17) is 49.1 Å². The van der Waals surface area contributed by atoms with Crippen LogP contribution in [0.5, 0.6) is 0 Å². The number of cyclic esters (lactones) is 1. The first-order valence-corrected chi connectivity index (χ1v) is 22.3. The average molecular weight is 884 g/mol. The van der Waals surface area contributed by atoms with Crippen molar-refractivity contribution in [2.24, 2.45) is 23.7 Å². The van der Waals surface area contributed by atoms with Crippen LogP contribution in [0, 0.1) is 36.0 Å². The third-order valence-electron chi connectivity index (χ3n) is 12.4. The number of likely N-dealkylation sites (N-methyl/N-ethyl adjacent to an activating group) is 1. The highest BCUT2D eigenvalue weighted by Crippen LogP contribution is 2.36. The maximum Gasteiger partial charge on any atom is 0.308 e. The topological polar surface area (TPSA) is 201 Å². The Morgan fingerprint density at radius 2 is 1.52 bits per heavy atom. The largest absolute Gasteiger partial charge is 0.462 e. The van der Waals surface area contributed by atoms with Crippen molar-refractivity contribution in [2.45, 2.75) is 173 Å². The number of aliphatic hydroxyl groups is 4. The van der Waals surface area contributed by atoms with E-state index in [0.717, 1.165) is 0 Å². The van der Waals surface area contributed by atoms with Gasteiger partial charge in [0.1, 0.15) is 30.5 Å². The lowest BCUT2D eigenvalue weighted by Crippen LogP contribution is -2.64. The van der Waals surface area contributed by atoms with Gasteiger partial charge in [-0.2, -0.15) is 0 Å². The molecular weight excluding hydrogens is 806 g/mol. The molecular formula is C46H77NO15. The Morgan fingerprint density at radius 1 is 0.887 bits per heavy atom. The lowest BCUT2D eigenvalue weighted by Gasteiger charge is -2.47. The van der Waals surface area contributed by atoms with Crippen LogP contribution in [0.1, 0.15) is 87.5 Å². The van der Waals surface area contributed by atoms with Gasteiger partial charge >= 0.3 is 5.97 Å². The first-order valence-electron chi connectivity index (χ1n) is 22.3. The highest BCUT2D eigenvalue weighted by atomic mass is 16.7. The molecule has 3 aliphatic rings. The Bertz CT molecular complexity index is 1450. The van der Waals surface area contributed by atoms with Crippen LogP contribution in [0.2, 0.25) is 0 Å². The Labute approximate surface area is 369 Å². The van der Waals surface area contributed by atoms with Gasteiger partial charge in [0.25, 0.3) is 0 Å². The molecule has 0 saturated carbocycles. The molecule has 62 heavy (non-hydrogen) atoms. The minimum absolute atomic E-state index is 0.0121. The number of esters is 1. The first kappa shape index (κ1) is 54.0. The molecule has 16 nitrogen and oxygen atoms in total. The van der Waals surface area contributed by atoms with Gasteiger partial charge in [0.05, 0.1) is 49.6 Å². The van der Waals surface area contributed by atoms with Crippen LogP contribution in [-0.2, 0) is 52.2 Å². The van der Waals surface area contributed by atoms with E-state index in [-0.39, 0.29) is 25.2 Å². The molecule has 0 spiro atoms. The maximum absolute atomic E-state index is 13.9. The van der Waals surface area contributed by atoms with Crippen molar-refractivity contribution >= 4 is 11.8 Å². The number of carbonyl (C=O) groups is 2. The van der Waals surface area contributed by atoms with E-state index in [2.05, 4.69) is 5.92 Å². The van der Waals surface area contributed by atoms with Gasteiger partial charge in [-0.05, 0) is 66.5 Å². The van der Waals surface area contributed by atoms with E-state index < -0.39 is 122 Å². The SMILES string of the molecule is C#CCCN(C)[C@@H]1[C@@H](O)[C@H](O[C@H]2[C@@H](CC(OCC)OCC)C[C@@H](C)C(=O)/C=C/C(C)=C/[C@H](COC3O[C@H](C)[C@@H](O)[C@@H](OC)[C@H]3OC)[C@@H](CC)OC(=O)C[C@@H](O)[C@@H]2C)O[C@H](C)[C@H]1O. The standard InChI is InChI=1S/C46H77NO15/c1-13-17-20-47(10)38-39(51)29(8)59-45(41(38)53)62-42-28(7)34(49)24-36(50)61-35(14-2)32(25-58-46-44(55-12)43(54-11)40(52)30(9)60-46)21-26(5)18-19-33(48)27(6)22-31(42)23-37(56-15-3)57-16-4/h1,18-19,21,27-32,34-35,37-46,49,51-53H,14-17,20,22-25H2,2-12H3/b19-18+,26-21+/t27-,28+,29-,30-,31-,32-,34-,35-,38+,39-,40-,41-,42-,43-,44-,45+,46?/m1/s1. The van der Waals surface area contributed by atoms with Crippen LogP contribution >= 0.6 is 0 Å². The van der Waals surface area contributed by atoms with Crippen LogP contribution in [-0.4, -0.2) is 171 Å². The second kappa shape index (κ2) is 26.6. The number of hydrogen-bond acceptors (Lipinski definition) is 16. The number of aliphatic hydroxyl groups excluding tert-OH is 4. The fourth-order valence-electron chi connectivity index (χ4n) is 8.74. The summed E-state index contributed by atoms with van der Waals surface area (Å²) in [4.78, 5) is 29.6. The lowest BCUT2D eigenvalue weighted by molar-refractivity contribution is -0.307. The number of rotatable bonds is 17. The Hall–Kier alpha value is -2.34. The summed E-state index contributed by atoms with van der Waals surface area (Å²) in [6, 6.07) is -0.803. The maximum atomic E-state index is 13.9. The molecule has 0 aromatic heterocycles.